The van der Waals surface area contributed by atoms with E-state index < -0.39 is 18.4 Å². The zero-order valence-electron chi connectivity index (χ0n) is 7.49. The quantitative estimate of drug-likeness (QED) is 0.771. The molecule has 0 saturated carbocycles. The molecular formula is C9H8F3NO2. The van der Waals surface area contributed by atoms with Crippen LogP contribution in [0.5, 0.6) is 0 Å². The number of nitrogens with two attached hydrogens (primary N) is 1. The predicted octanol–water partition coefficient (Wildman–Crippen LogP) is 1.75. The first-order valence-corrected chi connectivity index (χ1v) is 4.00. The zero-order chi connectivity index (χ0) is 11.5. The molecule has 2 N–H and O–H groups in total. The third-order valence-corrected chi connectivity index (χ3v) is 1.63. The summed E-state index contributed by atoms with van der Waals surface area (Å²) < 4.78 is 38.2. The molecule has 1 aromatic rings. The van der Waals surface area contributed by atoms with Gasteiger partial charge in [-0.15, -0.1) is 13.2 Å². The Morgan fingerprint density at radius 3 is 2.27 bits per heavy atom. The highest BCUT2D eigenvalue weighted by Crippen LogP contribution is 2.20. The van der Waals surface area contributed by atoms with Crippen LogP contribution in [0.2, 0.25) is 0 Å². The molecule has 0 aliphatic rings. The van der Waals surface area contributed by atoms with Gasteiger partial charge in [0.1, 0.15) is 6.04 Å². The lowest BCUT2D eigenvalue weighted by molar-refractivity contribution is -0.306. The lowest BCUT2D eigenvalue weighted by atomic mass is 10.1. The average molecular weight is 219 g/mol. The number of ether oxygens (including phenoxy) is 1. The van der Waals surface area contributed by atoms with E-state index >= 15 is 0 Å². The predicted molar refractivity (Wildman–Crippen MR) is 45.5 cm³/mol. The number of carbonyl (C=O) groups excluding carboxylic acids is 1. The van der Waals surface area contributed by atoms with E-state index in [1.165, 1.54) is 12.1 Å². The second kappa shape index (κ2) is 4.31. The van der Waals surface area contributed by atoms with Crippen molar-refractivity contribution in [3.05, 3.63) is 35.9 Å². The molecule has 3 nitrogen and oxygen atoms in total. The number of rotatable bonds is 2. The SMILES string of the molecule is NC(C(=O)OC(F)(F)F)c1ccccc1. The zero-order valence-corrected chi connectivity index (χ0v) is 7.49. The van der Waals surface area contributed by atoms with Gasteiger partial charge in [0, 0.05) is 0 Å². The van der Waals surface area contributed by atoms with Crippen LogP contribution in [0.1, 0.15) is 11.6 Å². The molecule has 0 bridgehead atoms. The van der Waals surface area contributed by atoms with Crippen LogP contribution in [-0.2, 0) is 9.53 Å². The maximum Gasteiger partial charge on any atom is 0.575 e. The molecule has 82 valence electrons. The van der Waals surface area contributed by atoms with Gasteiger partial charge >= 0.3 is 12.3 Å². The van der Waals surface area contributed by atoms with Gasteiger partial charge in [0.05, 0.1) is 0 Å². The number of hydrogen-bond donors (Lipinski definition) is 1. The number of halogens is 3. The van der Waals surface area contributed by atoms with Gasteiger partial charge in [0.2, 0.25) is 0 Å². The Labute approximate surface area is 83.6 Å². The molecule has 6 heteroatoms. The van der Waals surface area contributed by atoms with Crippen LogP contribution >= 0.6 is 0 Å². The fourth-order valence-corrected chi connectivity index (χ4v) is 0.974. The van der Waals surface area contributed by atoms with E-state index in [2.05, 4.69) is 4.74 Å². The first kappa shape index (κ1) is 11.5. The summed E-state index contributed by atoms with van der Waals surface area (Å²) >= 11 is 0. The van der Waals surface area contributed by atoms with Crippen LogP contribution in [0, 0.1) is 0 Å². The maximum atomic E-state index is 11.7. The summed E-state index contributed by atoms with van der Waals surface area (Å²) in [5.41, 5.74) is 5.54. The Morgan fingerprint density at radius 1 is 1.27 bits per heavy atom. The molecule has 0 aliphatic carbocycles. The highest BCUT2D eigenvalue weighted by molar-refractivity contribution is 5.77. The average Bonchev–Trinajstić information content (AvgIpc) is 2.15. The van der Waals surface area contributed by atoms with Crippen molar-refractivity contribution < 1.29 is 22.7 Å². The Morgan fingerprint density at radius 2 is 1.80 bits per heavy atom. The molecule has 0 heterocycles. The molecule has 1 rings (SSSR count). The van der Waals surface area contributed by atoms with Crippen molar-refractivity contribution in [1.29, 1.82) is 0 Å². The summed E-state index contributed by atoms with van der Waals surface area (Å²) in [5.74, 6) is -1.52. The Bertz CT molecular complexity index is 337. The van der Waals surface area contributed by atoms with E-state index in [9.17, 15) is 18.0 Å². The largest absolute Gasteiger partial charge is 0.575 e. The van der Waals surface area contributed by atoms with Crippen molar-refractivity contribution in [2.45, 2.75) is 12.4 Å². The van der Waals surface area contributed by atoms with Gasteiger partial charge in [-0.25, -0.2) is 4.79 Å². The number of hydrogen-bond acceptors (Lipinski definition) is 3. The van der Waals surface area contributed by atoms with Crippen LogP contribution in [0.3, 0.4) is 0 Å². The summed E-state index contributed by atoms with van der Waals surface area (Å²) in [6, 6.07) is 6.26. The summed E-state index contributed by atoms with van der Waals surface area (Å²) in [6.07, 6.45) is -5.00. The molecule has 0 spiro atoms. The Kier molecular flexibility index (Phi) is 3.31. The maximum absolute atomic E-state index is 11.7. The normalized spacial score (nSPS) is 13.3. The molecule has 0 fully saturated rings. The van der Waals surface area contributed by atoms with E-state index in [1.807, 2.05) is 0 Å². The summed E-state index contributed by atoms with van der Waals surface area (Å²) in [4.78, 5) is 10.9. The van der Waals surface area contributed by atoms with Gasteiger partial charge in [-0.2, -0.15) is 0 Å². The second-order valence-corrected chi connectivity index (χ2v) is 2.76. The number of benzene rings is 1. The van der Waals surface area contributed by atoms with E-state index in [-0.39, 0.29) is 5.56 Å². The summed E-state index contributed by atoms with van der Waals surface area (Å²) in [6.45, 7) is 0. The van der Waals surface area contributed by atoms with Gasteiger partial charge in [-0.05, 0) is 5.56 Å². The first-order valence-electron chi connectivity index (χ1n) is 4.00. The molecule has 1 atom stereocenters. The number of alkyl halides is 3. The minimum atomic E-state index is -5.00. The van der Waals surface area contributed by atoms with Crippen molar-refractivity contribution in [3.63, 3.8) is 0 Å². The monoisotopic (exact) mass is 219 g/mol. The fraction of sp³-hybridized carbons (Fsp3) is 0.222. The van der Waals surface area contributed by atoms with Crippen LogP contribution in [0.4, 0.5) is 13.2 Å². The van der Waals surface area contributed by atoms with Gasteiger partial charge < -0.3 is 10.5 Å². The highest BCUT2D eigenvalue weighted by Gasteiger charge is 2.36. The fourth-order valence-electron chi connectivity index (χ4n) is 0.974. The minimum Gasteiger partial charge on any atom is -0.371 e. The number of esters is 1. The third kappa shape index (κ3) is 3.59. The number of carbonyl (C=O) groups is 1. The molecule has 0 aliphatic heterocycles. The lowest BCUT2D eigenvalue weighted by Gasteiger charge is -2.12. The van der Waals surface area contributed by atoms with Crippen molar-refractivity contribution in [1.82, 2.24) is 0 Å². The molecule has 0 saturated heterocycles. The van der Waals surface area contributed by atoms with Gasteiger partial charge in [-0.1, -0.05) is 30.3 Å². The van der Waals surface area contributed by atoms with E-state index in [1.54, 1.807) is 18.2 Å². The highest BCUT2D eigenvalue weighted by atomic mass is 19.4. The molecule has 1 unspecified atom stereocenters. The van der Waals surface area contributed by atoms with Crippen LogP contribution in [0.15, 0.2) is 30.3 Å². The van der Waals surface area contributed by atoms with Gasteiger partial charge in [0.15, 0.2) is 0 Å². The van der Waals surface area contributed by atoms with Crippen molar-refractivity contribution in [2.75, 3.05) is 0 Å². The minimum absolute atomic E-state index is 0.270. The van der Waals surface area contributed by atoms with Crippen LogP contribution in [-0.4, -0.2) is 12.3 Å². The molecule has 0 radical (unpaired) electrons. The second-order valence-electron chi connectivity index (χ2n) is 2.76. The smallest absolute Gasteiger partial charge is 0.371 e. The third-order valence-electron chi connectivity index (χ3n) is 1.63. The molecule has 1 aromatic carbocycles. The van der Waals surface area contributed by atoms with E-state index in [0.717, 1.165) is 0 Å². The van der Waals surface area contributed by atoms with Crippen molar-refractivity contribution >= 4 is 5.97 Å². The Balaban J connectivity index is 2.70. The van der Waals surface area contributed by atoms with E-state index in [0.29, 0.717) is 0 Å². The standard InChI is InChI=1S/C9H8F3NO2/c10-9(11,12)15-8(14)7(13)6-4-2-1-3-5-6/h1-5,7H,13H2. The molecular weight excluding hydrogens is 211 g/mol. The topological polar surface area (TPSA) is 52.3 Å². The van der Waals surface area contributed by atoms with Crippen LogP contribution < -0.4 is 5.73 Å². The molecule has 0 amide bonds. The summed E-state index contributed by atoms with van der Waals surface area (Å²) in [5, 5.41) is 0. The first-order chi connectivity index (χ1) is 6.90. The lowest BCUT2D eigenvalue weighted by Crippen LogP contribution is -2.29. The van der Waals surface area contributed by atoms with Crippen molar-refractivity contribution in [3.8, 4) is 0 Å². The van der Waals surface area contributed by atoms with Crippen LogP contribution in [0.25, 0.3) is 0 Å². The van der Waals surface area contributed by atoms with E-state index in [4.69, 9.17) is 5.73 Å². The van der Waals surface area contributed by atoms with Gasteiger partial charge in [-0.3, -0.25) is 0 Å². The Hall–Kier alpha value is -1.56. The molecule has 0 aromatic heterocycles. The van der Waals surface area contributed by atoms with Gasteiger partial charge in [0.25, 0.3) is 0 Å². The van der Waals surface area contributed by atoms with Crippen molar-refractivity contribution in [2.24, 2.45) is 5.73 Å². The molecule has 15 heavy (non-hydrogen) atoms. The summed E-state index contributed by atoms with van der Waals surface area (Å²) in [7, 11) is 0.